The number of piperidine rings is 1. The summed E-state index contributed by atoms with van der Waals surface area (Å²) in [7, 11) is 0. The summed E-state index contributed by atoms with van der Waals surface area (Å²) in [6.07, 6.45) is 7.77. The van der Waals surface area contributed by atoms with Gasteiger partial charge in [0.1, 0.15) is 0 Å². The number of carbonyl (C=O) groups is 1. The Labute approximate surface area is 124 Å². The minimum Gasteiger partial charge on any atom is -0.438 e. The second-order valence-electron chi connectivity index (χ2n) is 5.61. The van der Waals surface area contributed by atoms with Crippen LogP contribution in [0.5, 0.6) is 0 Å². The third-order valence-corrected chi connectivity index (χ3v) is 4.03. The van der Waals surface area contributed by atoms with Crippen molar-refractivity contribution >= 4 is 5.91 Å². The fraction of sp³-hybridized carbons (Fsp3) is 0.438. The molecule has 5 nitrogen and oxygen atoms in total. The summed E-state index contributed by atoms with van der Waals surface area (Å²) in [4.78, 5) is 22.0. The van der Waals surface area contributed by atoms with Crippen molar-refractivity contribution in [2.24, 2.45) is 5.92 Å². The maximum absolute atomic E-state index is 12.2. The third-order valence-electron chi connectivity index (χ3n) is 4.03. The Bertz CT molecular complexity index is 602. The van der Waals surface area contributed by atoms with Crippen LogP contribution in [0.1, 0.15) is 34.7 Å². The summed E-state index contributed by atoms with van der Waals surface area (Å²) < 4.78 is 5.07. The number of carbonyl (C=O) groups excluding carboxylic acids is 1. The van der Waals surface area contributed by atoms with Gasteiger partial charge in [0.2, 0.25) is 5.76 Å². The Balaban J connectivity index is 1.54. The number of amides is 1. The van der Waals surface area contributed by atoms with Crippen LogP contribution >= 0.6 is 0 Å². The van der Waals surface area contributed by atoms with E-state index in [0.29, 0.717) is 11.7 Å². The van der Waals surface area contributed by atoms with Gasteiger partial charge in [-0.25, -0.2) is 4.98 Å². The number of likely N-dealkylation sites (tertiary alicyclic amines) is 1. The highest BCUT2D eigenvalue weighted by atomic mass is 16.3. The van der Waals surface area contributed by atoms with Crippen molar-refractivity contribution in [3.63, 3.8) is 0 Å². The number of rotatable bonds is 3. The zero-order valence-corrected chi connectivity index (χ0v) is 12.2. The molecule has 0 saturated carbocycles. The molecule has 0 radical (unpaired) electrons. The molecule has 0 bridgehead atoms. The maximum Gasteiger partial charge on any atom is 0.291 e. The van der Waals surface area contributed by atoms with Crippen LogP contribution in [0.4, 0.5) is 0 Å². The number of nitrogens with zero attached hydrogens (tertiary/aromatic N) is 3. The molecular weight excluding hydrogens is 266 g/mol. The van der Waals surface area contributed by atoms with E-state index >= 15 is 0 Å². The highest BCUT2D eigenvalue weighted by Crippen LogP contribution is 2.22. The van der Waals surface area contributed by atoms with Crippen LogP contribution in [-0.2, 0) is 6.42 Å². The van der Waals surface area contributed by atoms with Gasteiger partial charge < -0.3 is 9.32 Å². The molecule has 1 saturated heterocycles. The van der Waals surface area contributed by atoms with Crippen molar-refractivity contribution in [1.82, 2.24) is 14.9 Å². The van der Waals surface area contributed by atoms with Gasteiger partial charge in [-0.05, 0) is 49.8 Å². The zero-order chi connectivity index (χ0) is 14.7. The lowest BCUT2D eigenvalue weighted by Gasteiger charge is -2.31. The van der Waals surface area contributed by atoms with Gasteiger partial charge in [0.15, 0.2) is 6.39 Å². The van der Waals surface area contributed by atoms with Gasteiger partial charge in [-0.2, -0.15) is 0 Å². The maximum atomic E-state index is 12.2. The standard InChI is InChI=1S/C16H19N3O2/c1-12-8-14(2-5-18-12)9-13-3-6-19(7-4-13)16(20)15-10-17-11-21-15/h2,5,8,10-11,13H,3-4,6-7,9H2,1H3. The molecule has 5 heteroatoms. The number of aryl methyl sites for hydroxylation is 1. The van der Waals surface area contributed by atoms with Crippen molar-refractivity contribution in [1.29, 1.82) is 0 Å². The van der Waals surface area contributed by atoms with Gasteiger partial charge in [-0.1, -0.05) is 0 Å². The number of hydrogen-bond donors (Lipinski definition) is 0. The van der Waals surface area contributed by atoms with Gasteiger partial charge in [-0.3, -0.25) is 9.78 Å². The van der Waals surface area contributed by atoms with Gasteiger partial charge in [-0.15, -0.1) is 0 Å². The molecule has 1 amide bonds. The average Bonchev–Trinajstić information content (AvgIpc) is 3.01. The monoisotopic (exact) mass is 285 g/mol. The molecule has 21 heavy (non-hydrogen) atoms. The van der Waals surface area contributed by atoms with Crippen LogP contribution < -0.4 is 0 Å². The second-order valence-corrected chi connectivity index (χ2v) is 5.61. The van der Waals surface area contributed by atoms with Crippen LogP contribution in [0.2, 0.25) is 0 Å². The van der Waals surface area contributed by atoms with Crippen molar-refractivity contribution in [3.05, 3.63) is 47.9 Å². The van der Waals surface area contributed by atoms with Crippen molar-refractivity contribution in [3.8, 4) is 0 Å². The molecule has 1 aliphatic heterocycles. The first-order chi connectivity index (χ1) is 10.2. The van der Waals surface area contributed by atoms with E-state index in [2.05, 4.69) is 22.1 Å². The molecule has 0 aromatic carbocycles. The van der Waals surface area contributed by atoms with Crippen LogP contribution in [0.15, 0.2) is 35.3 Å². The minimum absolute atomic E-state index is 0.0503. The van der Waals surface area contributed by atoms with E-state index in [0.717, 1.165) is 38.0 Å². The van der Waals surface area contributed by atoms with E-state index in [-0.39, 0.29) is 5.91 Å². The molecule has 1 aliphatic rings. The molecule has 0 atom stereocenters. The lowest BCUT2D eigenvalue weighted by Crippen LogP contribution is -2.38. The van der Waals surface area contributed by atoms with Gasteiger partial charge >= 0.3 is 0 Å². The summed E-state index contributed by atoms with van der Waals surface area (Å²) in [6.45, 7) is 3.59. The van der Waals surface area contributed by atoms with Crippen molar-refractivity contribution < 1.29 is 9.21 Å². The number of pyridine rings is 1. The predicted molar refractivity (Wildman–Crippen MR) is 77.8 cm³/mol. The number of aromatic nitrogens is 2. The number of hydrogen-bond acceptors (Lipinski definition) is 4. The van der Waals surface area contributed by atoms with Gasteiger partial charge in [0.05, 0.1) is 6.20 Å². The second kappa shape index (κ2) is 6.08. The molecule has 3 heterocycles. The van der Waals surface area contributed by atoms with E-state index in [1.165, 1.54) is 18.2 Å². The Morgan fingerprint density at radius 3 is 2.90 bits per heavy atom. The molecule has 2 aromatic rings. The minimum atomic E-state index is -0.0503. The largest absolute Gasteiger partial charge is 0.438 e. The molecule has 0 N–H and O–H groups in total. The Hall–Kier alpha value is -2.17. The topological polar surface area (TPSA) is 59.2 Å². The lowest BCUT2D eigenvalue weighted by molar-refractivity contribution is 0.0658. The van der Waals surface area contributed by atoms with Crippen LogP contribution in [0.25, 0.3) is 0 Å². The van der Waals surface area contributed by atoms with E-state index in [1.807, 2.05) is 18.0 Å². The molecular formula is C16H19N3O2. The summed E-state index contributed by atoms with van der Waals surface area (Å²) >= 11 is 0. The quantitative estimate of drug-likeness (QED) is 0.869. The van der Waals surface area contributed by atoms with Gasteiger partial charge in [0.25, 0.3) is 5.91 Å². The van der Waals surface area contributed by atoms with E-state index in [9.17, 15) is 4.79 Å². The fourth-order valence-electron chi connectivity index (χ4n) is 2.88. The van der Waals surface area contributed by atoms with Crippen molar-refractivity contribution in [2.75, 3.05) is 13.1 Å². The first-order valence-electron chi connectivity index (χ1n) is 7.31. The highest BCUT2D eigenvalue weighted by molar-refractivity contribution is 5.91. The molecule has 0 spiro atoms. The summed E-state index contributed by atoms with van der Waals surface area (Å²) in [6, 6.07) is 4.23. The average molecular weight is 285 g/mol. The van der Waals surface area contributed by atoms with E-state index < -0.39 is 0 Å². The normalized spacial score (nSPS) is 16.1. The third kappa shape index (κ3) is 3.29. The Morgan fingerprint density at radius 2 is 2.24 bits per heavy atom. The summed E-state index contributed by atoms with van der Waals surface area (Å²) in [5, 5.41) is 0. The molecule has 0 aliphatic carbocycles. The fourth-order valence-corrected chi connectivity index (χ4v) is 2.88. The first kappa shape index (κ1) is 13.8. The first-order valence-corrected chi connectivity index (χ1v) is 7.31. The Morgan fingerprint density at radius 1 is 1.43 bits per heavy atom. The molecule has 1 fully saturated rings. The molecule has 0 unspecified atom stereocenters. The van der Waals surface area contributed by atoms with Gasteiger partial charge in [0, 0.05) is 25.0 Å². The highest BCUT2D eigenvalue weighted by Gasteiger charge is 2.25. The van der Waals surface area contributed by atoms with Crippen molar-refractivity contribution in [2.45, 2.75) is 26.2 Å². The van der Waals surface area contributed by atoms with E-state index in [4.69, 9.17) is 4.42 Å². The van der Waals surface area contributed by atoms with E-state index in [1.54, 1.807) is 0 Å². The van der Waals surface area contributed by atoms with Crippen LogP contribution in [-0.4, -0.2) is 33.9 Å². The molecule has 110 valence electrons. The van der Waals surface area contributed by atoms with Crippen LogP contribution in [0, 0.1) is 12.8 Å². The smallest absolute Gasteiger partial charge is 0.291 e. The van der Waals surface area contributed by atoms with Crippen LogP contribution in [0.3, 0.4) is 0 Å². The summed E-state index contributed by atoms with van der Waals surface area (Å²) in [5.41, 5.74) is 2.40. The lowest BCUT2D eigenvalue weighted by atomic mass is 9.90. The zero-order valence-electron chi connectivity index (χ0n) is 12.2. The Kier molecular flexibility index (Phi) is 3.99. The summed E-state index contributed by atoms with van der Waals surface area (Å²) in [5.74, 6) is 0.912. The SMILES string of the molecule is Cc1cc(CC2CCN(C(=O)c3cnco3)CC2)ccn1. The number of oxazole rings is 1. The molecule has 2 aromatic heterocycles. The molecule has 3 rings (SSSR count). The predicted octanol–water partition coefficient (Wildman–Crippen LogP) is 2.47.